The second-order valence-corrected chi connectivity index (χ2v) is 5.86. The van der Waals surface area contributed by atoms with Crippen LogP contribution in [0.2, 0.25) is 0 Å². The highest BCUT2D eigenvalue weighted by molar-refractivity contribution is 5.98. The van der Waals surface area contributed by atoms with Crippen LogP contribution in [0.4, 0.5) is 5.69 Å². The molecule has 0 saturated heterocycles. The zero-order valence-corrected chi connectivity index (χ0v) is 13.8. The molecular weight excluding hydrogens is 304 g/mol. The number of rotatable bonds is 3. The van der Waals surface area contributed by atoms with Gasteiger partial charge in [-0.15, -0.1) is 0 Å². The number of likely N-dealkylation sites (N-methyl/N-ethyl adjacent to an activating group) is 1. The second kappa shape index (κ2) is 6.74. The van der Waals surface area contributed by atoms with E-state index in [1.54, 1.807) is 18.0 Å². The molecule has 1 aliphatic rings. The summed E-state index contributed by atoms with van der Waals surface area (Å²) < 4.78 is 5.73. The Hall–Kier alpha value is -2.82. The summed E-state index contributed by atoms with van der Waals surface area (Å²) in [5.74, 6) is 0.260. The molecule has 0 aromatic heterocycles. The third kappa shape index (κ3) is 3.25. The highest BCUT2D eigenvalue weighted by Crippen LogP contribution is 2.33. The maximum atomic E-state index is 12.8. The molecule has 0 fully saturated rings. The SMILES string of the molecule is CNC(=O)[C@@H]1CN(C(=O)Cc2ccc(C)cc2)c2ccccc2O1. The van der Waals surface area contributed by atoms with Gasteiger partial charge in [0.25, 0.3) is 5.91 Å². The van der Waals surface area contributed by atoms with Crippen molar-refractivity contribution in [2.24, 2.45) is 0 Å². The molecule has 5 heteroatoms. The van der Waals surface area contributed by atoms with Crippen molar-refractivity contribution in [3.63, 3.8) is 0 Å². The molecule has 0 aliphatic carbocycles. The Morgan fingerprint density at radius 1 is 1.17 bits per heavy atom. The first kappa shape index (κ1) is 16.1. The van der Waals surface area contributed by atoms with Crippen LogP contribution in [0.5, 0.6) is 5.75 Å². The third-order valence-corrected chi connectivity index (χ3v) is 4.09. The van der Waals surface area contributed by atoms with Gasteiger partial charge in [0.15, 0.2) is 6.10 Å². The van der Waals surface area contributed by atoms with E-state index in [1.165, 1.54) is 0 Å². The van der Waals surface area contributed by atoms with Crippen molar-refractivity contribution in [3.8, 4) is 5.75 Å². The number of fused-ring (bicyclic) bond motifs is 1. The first-order valence-electron chi connectivity index (χ1n) is 7.91. The van der Waals surface area contributed by atoms with E-state index in [9.17, 15) is 9.59 Å². The summed E-state index contributed by atoms with van der Waals surface area (Å²) in [7, 11) is 1.56. The van der Waals surface area contributed by atoms with Crippen LogP contribution >= 0.6 is 0 Å². The van der Waals surface area contributed by atoms with Crippen LogP contribution in [-0.2, 0) is 16.0 Å². The molecule has 5 nitrogen and oxygen atoms in total. The summed E-state index contributed by atoms with van der Waals surface area (Å²) in [6.07, 6.45) is -0.415. The minimum Gasteiger partial charge on any atom is -0.477 e. The number of nitrogens with one attached hydrogen (secondary N) is 1. The maximum absolute atomic E-state index is 12.8. The molecule has 1 atom stereocenters. The number of aryl methyl sites for hydroxylation is 1. The van der Waals surface area contributed by atoms with Gasteiger partial charge in [-0.2, -0.15) is 0 Å². The van der Waals surface area contributed by atoms with E-state index in [0.29, 0.717) is 11.4 Å². The van der Waals surface area contributed by atoms with Crippen molar-refractivity contribution in [2.45, 2.75) is 19.4 Å². The summed E-state index contributed by atoms with van der Waals surface area (Å²) in [6, 6.07) is 15.2. The smallest absolute Gasteiger partial charge is 0.262 e. The number of hydrogen-bond acceptors (Lipinski definition) is 3. The van der Waals surface area contributed by atoms with Crippen molar-refractivity contribution >= 4 is 17.5 Å². The van der Waals surface area contributed by atoms with Crippen LogP contribution in [0.15, 0.2) is 48.5 Å². The Labute approximate surface area is 141 Å². The van der Waals surface area contributed by atoms with Crippen molar-refractivity contribution in [1.29, 1.82) is 0 Å². The largest absolute Gasteiger partial charge is 0.477 e. The van der Waals surface area contributed by atoms with E-state index in [2.05, 4.69) is 5.32 Å². The fourth-order valence-corrected chi connectivity index (χ4v) is 2.74. The Bertz CT molecular complexity index is 755. The van der Waals surface area contributed by atoms with Crippen LogP contribution in [0.25, 0.3) is 0 Å². The first-order chi connectivity index (χ1) is 11.6. The van der Waals surface area contributed by atoms with Gasteiger partial charge in [-0.1, -0.05) is 42.0 Å². The number of carbonyl (C=O) groups is 2. The summed E-state index contributed by atoms with van der Waals surface area (Å²) in [5, 5.41) is 2.58. The highest BCUT2D eigenvalue weighted by Gasteiger charge is 2.33. The molecule has 1 N–H and O–H groups in total. The van der Waals surface area contributed by atoms with Gasteiger partial charge in [-0.25, -0.2) is 0 Å². The Kier molecular flexibility index (Phi) is 4.51. The van der Waals surface area contributed by atoms with E-state index in [4.69, 9.17) is 4.74 Å². The summed E-state index contributed by atoms with van der Waals surface area (Å²) in [6.45, 7) is 2.22. The predicted molar refractivity (Wildman–Crippen MR) is 92.2 cm³/mol. The number of amides is 2. The van der Waals surface area contributed by atoms with Gasteiger partial charge in [-0.3, -0.25) is 9.59 Å². The standard InChI is InChI=1S/C19H20N2O3/c1-13-7-9-14(10-8-13)11-18(22)21-12-17(19(23)20-2)24-16-6-4-3-5-15(16)21/h3-10,17H,11-12H2,1-2H3,(H,20,23)/t17-/m0/s1. The Balaban J connectivity index is 1.85. The maximum Gasteiger partial charge on any atom is 0.262 e. The quantitative estimate of drug-likeness (QED) is 0.940. The van der Waals surface area contributed by atoms with E-state index in [-0.39, 0.29) is 24.8 Å². The lowest BCUT2D eigenvalue weighted by Gasteiger charge is -2.34. The van der Waals surface area contributed by atoms with Crippen LogP contribution in [-0.4, -0.2) is 31.5 Å². The van der Waals surface area contributed by atoms with Crippen molar-refractivity contribution in [2.75, 3.05) is 18.5 Å². The molecule has 1 heterocycles. The molecule has 2 amide bonds. The van der Waals surface area contributed by atoms with Gasteiger partial charge in [0.05, 0.1) is 18.7 Å². The predicted octanol–water partition coefficient (Wildman–Crippen LogP) is 2.08. The Morgan fingerprint density at radius 3 is 2.58 bits per heavy atom. The van der Waals surface area contributed by atoms with Crippen LogP contribution in [0.3, 0.4) is 0 Å². The van der Waals surface area contributed by atoms with Gasteiger partial charge < -0.3 is 15.0 Å². The molecule has 2 aromatic rings. The minimum atomic E-state index is -0.702. The van der Waals surface area contributed by atoms with Crippen LogP contribution in [0.1, 0.15) is 11.1 Å². The summed E-state index contributed by atoms with van der Waals surface area (Å²) >= 11 is 0. The lowest BCUT2D eigenvalue weighted by molar-refractivity contribution is -0.127. The third-order valence-electron chi connectivity index (χ3n) is 4.09. The molecule has 2 aromatic carbocycles. The average molecular weight is 324 g/mol. The van der Waals surface area contributed by atoms with Gasteiger partial charge in [0, 0.05) is 7.05 Å². The minimum absolute atomic E-state index is 0.0523. The average Bonchev–Trinajstić information content (AvgIpc) is 2.62. The number of ether oxygens (including phenoxy) is 1. The normalized spacial score (nSPS) is 16.1. The summed E-state index contributed by atoms with van der Waals surface area (Å²) in [5.41, 5.74) is 2.81. The van der Waals surface area contributed by atoms with Gasteiger partial charge in [0.2, 0.25) is 5.91 Å². The molecule has 0 bridgehead atoms. The fraction of sp³-hybridized carbons (Fsp3) is 0.263. The monoisotopic (exact) mass is 324 g/mol. The van der Waals surface area contributed by atoms with Gasteiger partial charge in [0.1, 0.15) is 5.75 Å². The molecule has 0 spiro atoms. The van der Waals surface area contributed by atoms with E-state index in [0.717, 1.165) is 11.1 Å². The van der Waals surface area contributed by atoms with Crippen LogP contribution < -0.4 is 15.0 Å². The molecule has 0 saturated carbocycles. The molecular formula is C19H20N2O3. The van der Waals surface area contributed by atoms with Crippen molar-refractivity contribution in [1.82, 2.24) is 5.32 Å². The topological polar surface area (TPSA) is 58.6 Å². The van der Waals surface area contributed by atoms with Crippen molar-refractivity contribution < 1.29 is 14.3 Å². The highest BCUT2D eigenvalue weighted by atomic mass is 16.5. The molecule has 3 rings (SSSR count). The summed E-state index contributed by atoms with van der Waals surface area (Å²) in [4.78, 5) is 26.4. The van der Waals surface area contributed by atoms with E-state index in [1.807, 2.05) is 49.4 Å². The molecule has 124 valence electrons. The lowest BCUT2D eigenvalue weighted by atomic mass is 10.1. The number of anilines is 1. The molecule has 24 heavy (non-hydrogen) atoms. The first-order valence-corrected chi connectivity index (χ1v) is 7.91. The number of hydrogen-bond donors (Lipinski definition) is 1. The second-order valence-electron chi connectivity index (χ2n) is 5.86. The molecule has 0 unspecified atom stereocenters. The number of para-hydroxylation sites is 2. The van der Waals surface area contributed by atoms with E-state index >= 15 is 0 Å². The lowest BCUT2D eigenvalue weighted by Crippen LogP contribution is -2.50. The zero-order chi connectivity index (χ0) is 17.1. The van der Waals surface area contributed by atoms with Gasteiger partial charge >= 0.3 is 0 Å². The Morgan fingerprint density at radius 2 is 1.88 bits per heavy atom. The van der Waals surface area contributed by atoms with Crippen molar-refractivity contribution in [3.05, 3.63) is 59.7 Å². The fourth-order valence-electron chi connectivity index (χ4n) is 2.74. The van der Waals surface area contributed by atoms with Crippen LogP contribution in [0, 0.1) is 6.92 Å². The zero-order valence-electron chi connectivity index (χ0n) is 13.8. The molecule has 0 radical (unpaired) electrons. The molecule has 1 aliphatic heterocycles. The van der Waals surface area contributed by atoms with E-state index < -0.39 is 6.10 Å². The number of nitrogens with zero attached hydrogens (tertiary/aromatic N) is 1. The number of carbonyl (C=O) groups excluding carboxylic acids is 2. The van der Waals surface area contributed by atoms with Gasteiger partial charge in [-0.05, 0) is 24.6 Å². The number of benzene rings is 2.